The molecule has 2 heterocycles. The lowest BCUT2D eigenvalue weighted by molar-refractivity contribution is -0.111. The molecule has 0 saturated heterocycles. The first kappa shape index (κ1) is 14.8. The van der Waals surface area contributed by atoms with Gasteiger partial charge in [-0.3, -0.25) is 9.89 Å². The van der Waals surface area contributed by atoms with Gasteiger partial charge in [-0.1, -0.05) is 12.1 Å². The Kier molecular flexibility index (Phi) is 3.92. The van der Waals surface area contributed by atoms with Gasteiger partial charge in [-0.15, -0.1) is 11.3 Å². The van der Waals surface area contributed by atoms with Crippen LogP contribution < -0.4 is 5.32 Å². The third kappa shape index (κ3) is 3.41. The number of rotatable bonds is 5. The molecule has 2 N–H and O–H groups in total. The number of aromatic amines is 1. The number of aromatic nitrogens is 4. The molecule has 1 aliphatic rings. The molecular weight excluding hydrogens is 322 g/mol. The zero-order valence-corrected chi connectivity index (χ0v) is 13.6. The van der Waals surface area contributed by atoms with Crippen molar-refractivity contribution < 1.29 is 4.79 Å². The van der Waals surface area contributed by atoms with Crippen molar-refractivity contribution in [1.29, 1.82) is 0 Å². The lowest BCUT2D eigenvalue weighted by Gasteiger charge is -2.03. The van der Waals surface area contributed by atoms with Crippen molar-refractivity contribution in [3.05, 3.63) is 52.8 Å². The van der Waals surface area contributed by atoms with E-state index in [1.165, 1.54) is 30.3 Å². The molecule has 0 spiro atoms. The second-order valence-electron chi connectivity index (χ2n) is 5.59. The van der Waals surface area contributed by atoms with Gasteiger partial charge >= 0.3 is 0 Å². The number of benzene rings is 1. The summed E-state index contributed by atoms with van der Waals surface area (Å²) in [4.78, 5) is 20.6. The lowest BCUT2D eigenvalue weighted by Crippen LogP contribution is -2.07. The summed E-state index contributed by atoms with van der Waals surface area (Å²) >= 11 is 1.48. The fraction of sp³-hybridized carbons (Fsp3) is 0.176. The molecule has 120 valence electrons. The predicted molar refractivity (Wildman–Crippen MR) is 93.6 cm³/mol. The molecular formula is C17H15N5OS. The number of H-pyrrole nitrogens is 1. The Morgan fingerprint density at radius 3 is 3.08 bits per heavy atom. The summed E-state index contributed by atoms with van der Waals surface area (Å²) in [6.45, 7) is 0. The zero-order valence-electron chi connectivity index (χ0n) is 12.8. The van der Waals surface area contributed by atoms with Crippen LogP contribution >= 0.6 is 11.3 Å². The predicted octanol–water partition coefficient (Wildman–Crippen LogP) is 3.46. The largest absolute Gasteiger partial charge is 0.322 e. The SMILES string of the molecule is O=C(/C=C\c1nccs1)Nc1cccc(-c2n[nH]c(C3CC3)n2)c1. The fourth-order valence-corrected chi connectivity index (χ4v) is 2.86. The van der Waals surface area contributed by atoms with E-state index in [4.69, 9.17) is 0 Å². The number of nitrogens with one attached hydrogen (secondary N) is 2. The van der Waals surface area contributed by atoms with E-state index in [2.05, 4.69) is 25.5 Å². The molecule has 1 amide bonds. The molecule has 0 atom stereocenters. The van der Waals surface area contributed by atoms with Gasteiger partial charge < -0.3 is 5.32 Å². The van der Waals surface area contributed by atoms with E-state index >= 15 is 0 Å². The topological polar surface area (TPSA) is 83.6 Å². The molecule has 0 radical (unpaired) electrons. The highest BCUT2D eigenvalue weighted by Gasteiger charge is 2.27. The monoisotopic (exact) mass is 337 g/mol. The summed E-state index contributed by atoms with van der Waals surface area (Å²) in [5.74, 6) is 1.94. The molecule has 6 nitrogen and oxygen atoms in total. The Morgan fingerprint density at radius 1 is 1.38 bits per heavy atom. The fourth-order valence-electron chi connectivity index (χ4n) is 2.33. The number of anilines is 1. The summed E-state index contributed by atoms with van der Waals surface area (Å²) in [5.41, 5.74) is 1.58. The molecule has 0 bridgehead atoms. The van der Waals surface area contributed by atoms with Gasteiger partial charge in [0.2, 0.25) is 5.91 Å². The average molecular weight is 337 g/mol. The van der Waals surface area contributed by atoms with Gasteiger partial charge in [0.25, 0.3) is 0 Å². The molecule has 0 unspecified atom stereocenters. The van der Waals surface area contributed by atoms with Crippen LogP contribution in [0.4, 0.5) is 5.69 Å². The van der Waals surface area contributed by atoms with Crippen LogP contribution in [0.5, 0.6) is 0 Å². The van der Waals surface area contributed by atoms with E-state index in [0.717, 1.165) is 16.4 Å². The average Bonchev–Trinajstić information content (AvgIpc) is 3.12. The van der Waals surface area contributed by atoms with E-state index in [9.17, 15) is 4.79 Å². The van der Waals surface area contributed by atoms with Crippen LogP contribution in [0.1, 0.15) is 29.6 Å². The van der Waals surface area contributed by atoms with Crippen molar-refractivity contribution in [2.45, 2.75) is 18.8 Å². The van der Waals surface area contributed by atoms with Crippen LogP contribution in [0, 0.1) is 0 Å². The standard InChI is InChI=1S/C17H15N5OS/c23-14(6-7-15-18-8-9-24-15)19-13-3-1-2-12(10-13)17-20-16(21-22-17)11-4-5-11/h1-3,6-11H,4-5H2,(H,19,23)(H,20,21,22)/b7-6-. The summed E-state index contributed by atoms with van der Waals surface area (Å²) in [6, 6.07) is 7.52. The van der Waals surface area contributed by atoms with Crippen LogP contribution in [0.15, 0.2) is 41.9 Å². The molecule has 1 aromatic carbocycles. The molecule has 1 aliphatic carbocycles. The van der Waals surface area contributed by atoms with E-state index in [1.807, 2.05) is 29.6 Å². The van der Waals surface area contributed by atoms with Crippen molar-refractivity contribution in [1.82, 2.24) is 20.2 Å². The number of carbonyl (C=O) groups is 1. The third-order valence-electron chi connectivity index (χ3n) is 3.68. The van der Waals surface area contributed by atoms with Gasteiger partial charge in [-0.2, -0.15) is 5.10 Å². The first-order valence-corrected chi connectivity index (χ1v) is 8.57. The molecule has 2 aromatic heterocycles. The van der Waals surface area contributed by atoms with Crippen molar-refractivity contribution in [2.24, 2.45) is 0 Å². The van der Waals surface area contributed by atoms with Crippen molar-refractivity contribution in [3.63, 3.8) is 0 Å². The molecule has 0 aliphatic heterocycles. The van der Waals surface area contributed by atoms with Gasteiger partial charge in [0.15, 0.2) is 5.82 Å². The Bertz CT molecular complexity index is 880. The third-order valence-corrected chi connectivity index (χ3v) is 4.42. The quantitative estimate of drug-likeness (QED) is 0.698. The number of carbonyl (C=O) groups excluding carboxylic acids is 1. The Morgan fingerprint density at radius 2 is 2.29 bits per heavy atom. The summed E-state index contributed by atoms with van der Waals surface area (Å²) in [6.07, 6.45) is 7.23. The minimum absolute atomic E-state index is 0.198. The summed E-state index contributed by atoms with van der Waals surface area (Å²) < 4.78 is 0. The highest BCUT2D eigenvalue weighted by Crippen LogP contribution is 2.38. The second-order valence-corrected chi connectivity index (χ2v) is 6.52. The highest BCUT2D eigenvalue weighted by atomic mass is 32.1. The van der Waals surface area contributed by atoms with Crippen molar-refractivity contribution in [3.8, 4) is 11.4 Å². The normalized spacial score (nSPS) is 14.2. The second kappa shape index (κ2) is 6.37. The van der Waals surface area contributed by atoms with Gasteiger partial charge in [0, 0.05) is 34.8 Å². The van der Waals surface area contributed by atoms with E-state index in [1.54, 1.807) is 12.3 Å². The molecule has 1 saturated carbocycles. The van der Waals surface area contributed by atoms with E-state index in [0.29, 0.717) is 17.4 Å². The van der Waals surface area contributed by atoms with Crippen LogP contribution in [-0.4, -0.2) is 26.1 Å². The van der Waals surface area contributed by atoms with Crippen molar-refractivity contribution in [2.75, 3.05) is 5.32 Å². The maximum Gasteiger partial charge on any atom is 0.248 e. The number of hydrogen-bond acceptors (Lipinski definition) is 5. The Hall–Kier alpha value is -2.80. The maximum absolute atomic E-state index is 12.0. The zero-order chi connectivity index (χ0) is 16.4. The van der Waals surface area contributed by atoms with Gasteiger partial charge in [-0.25, -0.2) is 9.97 Å². The number of thiazole rings is 1. The van der Waals surface area contributed by atoms with Gasteiger partial charge in [-0.05, 0) is 31.1 Å². The highest BCUT2D eigenvalue weighted by molar-refractivity contribution is 7.10. The van der Waals surface area contributed by atoms with Crippen molar-refractivity contribution >= 4 is 29.0 Å². The molecule has 1 fully saturated rings. The minimum atomic E-state index is -0.198. The van der Waals surface area contributed by atoms with Crippen LogP contribution in [0.2, 0.25) is 0 Å². The van der Waals surface area contributed by atoms with E-state index < -0.39 is 0 Å². The molecule has 3 aromatic rings. The number of amides is 1. The summed E-state index contributed by atoms with van der Waals surface area (Å²) in [7, 11) is 0. The summed E-state index contributed by atoms with van der Waals surface area (Å²) in [5, 5.41) is 12.8. The smallest absolute Gasteiger partial charge is 0.248 e. The van der Waals surface area contributed by atoms with Gasteiger partial charge in [0.1, 0.15) is 10.8 Å². The lowest BCUT2D eigenvalue weighted by atomic mass is 10.2. The molecule has 4 rings (SSSR count). The van der Waals surface area contributed by atoms with Crippen LogP contribution in [-0.2, 0) is 4.79 Å². The Balaban J connectivity index is 1.46. The van der Waals surface area contributed by atoms with Crippen LogP contribution in [0.3, 0.4) is 0 Å². The number of hydrogen-bond donors (Lipinski definition) is 2. The minimum Gasteiger partial charge on any atom is -0.322 e. The molecule has 24 heavy (non-hydrogen) atoms. The molecule has 7 heteroatoms. The Labute approximate surface area is 142 Å². The first-order valence-electron chi connectivity index (χ1n) is 7.69. The van der Waals surface area contributed by atoms with Crippen LogP contribution in [0.25, 0.3) is 17.5 Å². The van der Waals surface area contributed by atoms with Gasteiger partial charge in [0.05, 0.1) is 0 Å². The maximum atomic E-state index is 12.0. The van der Waals surface area contributed by atoms with E-state index in [-0.39, 0.29) is 5.91 Å². The first-order chi connectivity index (χ1) is 11.8. The number of nitrogens with zero attached hydrogens (tertiary/aromatic N) is 3.